The number of hydrogen-bond acceptors (Lipinski definition) is 7. The summed E-state index contributed by atoms with van der Waals surface area (Å²) in [5, 5.41) is 0. The van der Waals surface area contributed by atoms with Crippen LogP contribution in [0.4, 0.5) is 0 Å². The number of unbranched alkanes of at least 4 members (excludes halogenated alkanes) is 12. The molecule has 0 aromatic heterocycles. The number of fused-ring (bicyclic) bond motifs is 3. The first-order valence-electron chi connectivity index (χ1n) is 20.0. The molecule has 0 unspecified atom stereocenters. The second kappa shape index (κ2) is 28.1. The average Bonchev–Trinajstić information content (AvgIpc) is 3.41. The summed E-state index contributed by atoms with van der Waals surface area (Å²) in [4.78, 5) is 44.5. The molecule has 0 bridgehead atoms. The van der Waals surface area contributed by atoms with Crippen LogP contribution in [0.1, 0.15) is 167 Å². The van der Waals surface area contributed by atoms with Gasteiger partial charge in [-0.15, -0.1) is 24.8 Å². The van der Waals surface area contributed by atoms with Crippen molar-refractivity contribution < 1.29 is 23.9 Å². The summed E-state index contributed by atoms with van der Waals surface area (Å²) in [6, 6.07) is 10.4. The van der Waals surface area contributed by atoms with Crippen LogP contribution in [-0.2, 0) is 9.47 Å². The zero-order chi connectivity index (χ0) is 36.0. The summed E-state index contributed by atoms with van der Waals surface area (Å²) in [6.45, 7) is 15.1. The lowest BCUT2D eigenvalue weighted by molar-refractivity contribution is 0.0451. The normalized spacial score (nSPS) is 11.6. The number of ketones is 1. The van der Waals surface area contributed by atoms with Gasteiger partial charge in [-0.25, -0.2) is 9.59 Å². The Morgan fingerprint density at radius 2 is 0.788 bits per heavy atom. The van der Waals surface area contributed by atoms with Gasteiger partial charge in [0.25, 0.3) is 0 Å². The van der Waals surface area contributed by atoms with E-state index in [1.807, 2.05) is 12.1 Å². The molecule has 2 aromatic carbocycles. The van der Waals surface area contributed by atoms with E-state index in [4.69, 9.17) is 9.47 Å². The number of esters is 2. The lowest BCUT2D eigenvalue weighted by Crippen LogP contribution is -2.30. The van der Waals surface area contributed by atoms with Gasteiger partial charge in [0, 0.05) is 24.2 Å². The van der Waals surface area contributed by atoms with Crippen LogP contribution >= 0.6 is 24.8 Å². The fraction of sp³-hybridized carbons (Fsp3) is 0.651. The van der Waals surface area contributed by atoms with Crippen LogP contribution in [0.5, 0.6) is 0 Å². The van der Waals surface area contributed by atoms with E-state index in [0.29, 0.717) is 48.6 Å². The highest BCUT2D eigenvalue weighted by atomic mass is 35.5. The third kappa shape index (κ3) is 16.3. The van der Waals surface area contributed by atoms with Crippen molar-refractivity contribution in [3.05, 3.63) is 58.7 Å². The highest BCUT2D eigenvalue weighted by Crippen LogP contribution is 2.37. The first-order chi connectivity index (χ1) is 24.4. The molecule has 294 valence electrons. The van der Waals surface area contributed by atoms with Crippen LogP contribution in [0.25, 0.3) is 11.1 Å². The minimum absolute atomic E-state index is 0. The third-order valence-corrected chi connectivity index (χ3v) is 9.88. The van der Waals surface area contributed by atoms with Gasteiger partial charge in [0.2, 0.25) is 0 Å². The second-order valence-electron chi connectivity index (χ2n) is 14.0. The second-order valence-corrected chi connectivity index (χ2v) is 14.0. The molecule has 52 heavy (non-hydrogen) atoms. The van der Waals surface area contributed by atoms with E-state index in [1.54, 1.807) is 24.3 Å². The van der Waals surface area contributed by atoms with Gasteiger partial charge < -0.3 is 9.47 Å². The monoisotopic (exact) mass is 762 g/mol. The molecular weight excluding hydrogens is 695 g/mol. The number of benzene rings is 2. The molecule has 3 rings (SSSR count). The molecule has 0 radical (unpaired) electrons. The maximum atomic E-state index is 13.5. The van der Waals surface area contributed by atoms with Crippen LogP contribution in [-0.4, -0.2) is 80.0 Å². The van der Waals surface area contributed by atoms with Gasteiger partial charge in [0.1, 0.15) is 13.2 Å². The smallest absolute Gasteiger partial charge is 0.338 e. The number of ether oxygens (including phenoxy) is 2. The summed E-state index contributed by atoms with van der Waals surface area (Å²) in [5.74, 6) is -1.01. The molecule has 0 spiro atoms. The Balaban J connectivity index is 0.00000676. The number of hydrogen-bond donors (Lipinski definition) is 0. The van der Waals surface area contributed by atoms with Crippen molar-refractivity contribution in [2.75, 3.05) is 52.5 Å². The number of carbonyl (C=O) groups excluding carboxylic acids is 3. The predicted molar refractivity (Wildman–Crippen MR) is 220 cm³/mol. The third-order valence-electron chi connectivity index (χ3n) is 9.88. The first kappa shape index (κ1) is 47.6. The van der Waals surface area contributed by atoms with Gasteiger partial charge in [-0.3, -0.25) is 14.6 Å². The minimum Gasteiger partial charge on any atom is -0.461 e. The number of halogens is 2. The molecule has 2 aromatic rings. The van der Waals surface area contributed by atoms with E-state index >= 15 is 0 Å². The van der Waals surface area contributed by atoms with E-state index in [9.17, 15) is 14.4 Å². The minimum atomic E-state index is -0.414. The van der Waals surface area contributed by atoms with Crippen molar-refractivity contribution in [1.82, 2.24) is 9.80 Å². The molecule has 0 N–H and O–H groups in total. The highest BCUT2D eigenvalue weighted by Gasteiger charge is 2.29. The maximum Gasteiger partial charge on any atom is 0.338 e. The van der Waals surface area contributed by atoms with Crippen molar-refractivity contribution in [3.8, 4) is 11.1 Å². The first-order valence-corrected chi connectivity index (χ1v) is 20.0. The molecule has 0 saturated carbocycles. The Morgan fingerprint density at radius 1 is 0.462 bits per heavy atom. The van der Waals surface area contributed by atoms with E-state index in [2.05, 4.69) is 37.5 Å². The van der Waals surface area contributed by atoms with E-state index in [1.165, 1.54) is 103 Å². The molecule has 0 atom stereocenters. The molecule has 0 heterocycles. The summed E-state index contributed by atoms with van der Waals surface area (Å²) in [5.41, 5.74) is 3.22. The zero-order valence-electron chi connectivity index (χ0n) is 32.7. The molecule has 0 amide bonds. The van der Waals surface area contributed by atoms with Gasteiger partial charge in [-0.2, -0.15) is 0 Å². The number of carbonyl (C=O) groups is 3. The standard InChI is InChI=1S/C43H66N2O5.2ClH/c1-5-9-13-17-25-44(26-18-14-10-6-2)29-31-49-42(47)35-21-23-37-38-24-22-36(34-40(38)41(46)39(37)33-35)43(48)50-32-30-45(27-19-15-11-7-3)28-20-16-12-8-4;;/h21-24,33-34H,5-20,25-32H2,1-4H3;2*1H. The van der Waals surface area contributed by atoms with Gasteiger partial charge in [0.15, 0.2) is 5.78 Å². The highest BCUT2D eigenvalue weighted by molar-refractivity contribution is 6.22. The van der Waals surface area contributed by atoms with Gasteiger partial charge in [-0.1, -0.05) is 117 Å². The van der Waals surface area contributed by atoms with Crippen LogP contribution < -0.4 is 0 Å². The predicted octanol–water partition coefficient (Wildman–Crippen LogP) is 11.0. The van der Waals surface area contributed by atoms with E-state index in [-0.39, 0.29) is 30.6 Å². The molecule has 7 nitrogen and oxygen atoms in total. The Hall–Kier alpha value is -2.45. The van der Waals surface area contributed by atoms with E-state index in [0.717, 1.165) is 37.3 Å². The van der Waals surface area contributed by atoms with Gasteiger partial charge in [0.05, 0.1) is 11.1 Å². The summed E-state index contributed by atoms with van der Waals surface area (Å²) >= 11 is 0. The molecule has 1 aliphatic rings. The summed E-state index contributed by atoms with van der Waals surface area (Å²) in [7, 11) is 0. The summed E-state index contributed by atoms with van der Waals surface area (Å²) in [6.07, 6.45) is 19.5. The fourth-order valence-corrected chi connectivity index (χ4v) is 6.75. The SMILES string of the molecule is CCCCCCN(CCCCCC)CCOC(=O)c1ccc2c(c1)C(=O)c1cc(C(=O)OCCN(CCCCCC)CCCCCC)ccc1-2.Cl.Cl. The zero-order valence-corrected chi connectivity index (χ0v) is 34.3. The molecule has 9 heteroatoms. The average molecular weight is 764 g/mol. The van der Waals surface area contributed by atoms with Crippen molar-refractivity contribution in [2.45, 2.75) is 130 Å². The van der Waals surface area contributed by atoms with Crippen molar-refractivity contribution in [2.24, 2.45) is 0 Å². The molecule has 0 saturated heterocycles. The lowest BCUT2D eigenvalue weighted by atomic mass is 10.0. The molecule has 1 aliphatic carbocycles. The van der Waals surface area contributed by atoms with Crippen LogP contribution in [0, 0.1) is 0 Å². The molecule has 0 fully saturated rings. The Bertz CT molecular complexity index is 1200. The van der Waals surface area contributed by atoms with Crippen molar-refractivity contribution in [1.29, 1.82) is 0 Å². The largest absolute Gasteiger partial charge is 0.461 e. The van der Waals surface area contributed by atoms with Crippen LogP contribution in [0.15, 0.2) is 36.4 Å². The van der Waals surface area contributed by atoms with Crippen molar-refractivity contribution in [3.63, 3.8) is 0 Å². The number of rotatable bonds is 28. The Morgan fingerprint density at radius 3 is 1.10 bits per heavy atom. The topological polar surface area (TPSA) is 76.1 Å². The van der Waals surface area contributed by atoms with Crippen molar-refractivity contribution >= 4 is 42.5 Å². The Labute approximate surface area is 327 Å². The number of nitrogens with zero attached hydrogens (tertiary/aromatic N) is 2. The van der Waals surface area contributed by atoms with Crippen LogP contribution in [0.2, 0.25) is 0 Å². The fourth-order valence-electron chi connectivity index (χ4n) is 6.75. The van der Waals surface area contributed by atoms with E-state index < -0.39 is 11.9 Å². The van der Waals surface area contributed by atoms with Gasteiger partial charge in [-0.05, 0) is 87.3 Å². The Kier molecular flexibility index (Phi) is 25.7. The quantitative estimate of drug-likeness (QED) is 0.0538. The lowest BCUT2D eigenvalue weighted by Gasteiger charge is -2.22. The molecule has 0 aliphatic heterocycles. The van der Waals surface area contributed by atoms with Crippen LogP contribution in [0.3, 0.4) is 0 Å². The summed E-state index contributed by atoms with van der Waals surface area (Å²) < 4.78 is 11.4. The molecular formula is C43H68Cl2N2O5. The van der Waals surface area contributed by atoms with Gasteiger partial charge >= 0.3 is 11.9 Å². The maximum absolute atomic E-state index is 13.5.